The van der Waals surface area contributed by atoms with Gasteiger partial charge >= 0.3 is 11.9 Å². The van der Waals surface area contributed by atoms with Gasteiger partial charge in [-0.2, -0.15) is 0 Å². The summed E-state index contributed by atoms with van der Waals surface area (Å²) >= 11 is 0. The molecule has 340 valence electrons. The van der Waals surface area contributed by atoms with Gasteiger partial charge in [-0.25, -0.2) is 0 Å². The van der Waals surface area contributed by atoms with E-state index in [0.717, 1.165) is 61.2 Å². The summed E-state index contributed by atoms with van der Waals surface area (Å²) in [4.78, 5) is 27.5. The fourth-order valence-electron chi connectivity index (χ4n) is 12.9. The highest BCUT2D eigenvalue weighted by Crippen LogP contribution is 2.68. The Morgan fingerprint density at radius 1 is 0.774 bits per heavy atom. The molecule has 3 aromatic rings. The molecule has 0 unspecified atom stereocenters. The molecule has 9 atom stereocenters. The van der Waals surface area contributed by atoms with Crippen LogP contribution < -0.4 is 10.5 Å². The number of nitrogens with zero attached hydrogens (tertiary/aromatic N) is 1. The van der Waals surface area contributed by atoms with E-state index in [0.29, 0.717) is 61.3 Å². The van der Waals surface area contributed by atoms with Gasteiger partial charge in [-0.05, 0) is 164 Å². The zero-order valence-corrected chi connectivity index (χ0v) is 39.7. The summed E-state index contributed by atoms with van der Waals surface area (Å²) in [6.45, 7) is 11.9. The predicted octanol–water partition coefficient (Wildman–Crippen LogP) is 11.7. The Labute approximate surface area is 385 Å². The number of carbonyl (C=O) groups excluding carboxylic acids is 2. The van der Waals surface area contributed by atoms with E-state index in [-0.39, 0.29) is 49.4 Å². The summed E-state index contributed by atoms with van der Waals surface area (Å²) in [6, 6.07) is 29.7. The molecule has 7 rings (SSSR count). The molecule has 3 aromatic carbocycles. The maximum atomic E-state index is 13.3. The fraction of sp³-hybridized carbons (Fsp3) is 0.585. The number of likely N-dealkylation sites (N-methyl/N-ethyl adjacent to an activating group) is 1. The lowest BCUT2D eigenvalue weighted by Crippen LogP contribution is -2.54. The molecule has 0 saturated heterocycles. The lowest BCUT2D eigenvalue weighted by Gasteiger charge is -2.61. The molecule has 62 heavy (non-hydrogen) atoms. The maximum Gasteiger partial charge on any atom is 0.320 e. The molecule has 4 saturated carbocycles. The van der Waals surface area contributed by atoms with Crippen molar-refractivity contribution in [1.29, 1.82) is 0 Å². The minimum atomic E-state index is -0.123. The predicted molar refractivity (Wildman–Crippen MR) is 257 cm³/mol. The van der Waals surface area contributed by atoms with Crippen molar-refractivity contribution in [2.45, 2.75) is 111 Å². The van der Waals surface area contributed by atoms with E-state index in [1.807, 2.05) is 11.9 Å². The van der Waals surface area contributed by atoms with Crippen molar-refractivity contribution in [2.24, 2.45) is 52.1 Å². The van der Waals surface area contributed by atoms with Gasteiger partial charge in [-0.3, -0.25) is 14.5 Å². The molecule has 9 heteroatoms. The molecule has 4 fully saturated rings. The van der Waals surface area contributed by atoms with Crippen LogP contribution in [-0.2, 0) is 19.1 Å². The van der Waals surface area contributed by atoms with E-state index in [2.05, 4.69) is 113 Å². The van der Waals surface area contributed by atoms with Crippen LogP contribution in [0.1, 0.15) is 121 Å². The molecule has 0 aromatic heterocycles. The van der Waals surface area contributed by atoms with Gasteiger partial charge in [0.05, 0.1) is 6.54 Å². The van der Waals surface area contributed by atoms with Gasteiger partial charge in [0.25, 0.3) is 0 Å². The summed E-state index contributed by atoms with van der Waals surface area (Å²) in [5.74, 6) is 4.76. The minimum absolute atomic E-state index is 0. The molecule has 0 spiro atoms. The normalized spacial score (nSPS) is 28.4. The fourth-order valence-corrected chi connectivity index (χ4v) is 12.9. The van der Waals surface area contributed by atoms with Crippen LogP contribution in [0.3, 0.4) is 0 Å². The third kappa shape index (κ3) is 11.1. The molecule has 0 aliphatic heterocycles. The number of nitrogens with two attached hydrogens (primary N) is 1. The van der Waals surface area contributed by atoms with Crippen molar-refractivity contribution < 1.29 is 23.8 Å². The second-order valence-electron chi connectivity index (χ2n) is 19.3. The first-order valence-electron chi connectivity index (χ1n) is 23.3. The molecule has 0 heterocycles. The van der Waals surface area contributed by atoms with E-state index in [9.17, 15) is 9.59 Å². The van der Waals surface area contributed by atoms with Gasteiger partial charge in [0.2, 0.25) is 0 Å². The van der Waals surface area contributed by atoms with Crippen LogP contribution in [0.5, 0.6) is 5.75 Å². The molecular formula is C53H74Cl2N2O5. The first-order valence-corrected chi connectivity index (χ1v) is 23.3. The van der Waals surface area contributed by atoms with Gasteiger partial charge in [0, 0.05) is 19.5 Å². The lowest BCUT2D eigenvalue weighted by molar-refractivity contribution is -0.163. The largest absolute Gasteiger partial charge is 0.492 e. The summed E-state index contributed by atoms with van der Waals surface area (Å²) in [7, 11) is 1.97. The van der Waals surface area contributed by atoms with Crippen molar-refractivity contribution in [3.8, 4) is 5.75 Å². The standard InChI is InChI=1S/C53H72N2O5.2ClH/c1-6-44(38-13-9-7-10-14-38)51(39-15-11-8-12-16-39)40-18-21-42(22-19-40)58-34-32-55(5)36-50(57)60-43-27-29-52(3)41(35-43)20-23-45-47-25-24-46(53(47,4)30-28-48(45)52)37(2)17-26-49(56)59-33-31-54;;/h7-16,18-19,21-22,37,41,43,45-48H,6,17,20,23-36,54H2,1-5H3;2*1H/b51-44-;;/t37-,41-,43-,45+,46-,47+,48+,52+,53-;;/m1../s1. The molecular weight excluding hydrogens is 815 g/mol. The maximum absolute atomic E-state index is 13.3. The van der Waals surface area contributed by atoms with Crippen LogP contribution in [0.15, 0.2) is 84.9 Å². The van der Waals surface area contributed by atoms with Crippen molar-refractivity contribution in [3.05, 3.63) is 102 Å². The summed E-state index contributed by atoms with van der Waals surface area (Å²) < 4.78 is 17.7. The van der Waals surface area contributed by atoms with Crippen LogP contribution >= 0.6 is 24.8 Å². The Kier molecular flexibility index (Phi) is 18.0. The average molecular weight is 890 g/mol. The number of halogens is 2. The summed E-state index contributed by atoms with van der Waals surface area (Å²) in [6.07, 6.45) is 13.3. The number of hydrogen-bond acceptors (Lipinski definition) is 7. The molecule has 7 nitrogen and oxygen atoms in total. The molecule has 0 amide bonds. The first-order chi connectivity index (χ1) is 29.0. The number of hydrogen-bond donors (Lipinski definition) is 1. The van der Waals surface area contributed by atoms with Gasteiger partial charge in [-0.15, -0.1) is 24.8 Å². The highest BCUT2D eigenvalue weighted by molar-refractivity contribution is 5.98. The number of rotatable bonds is 17. The Balaban J connectivity index is 0.00000363. The number of carbonyl (C=O) groups is 2. The first kappa shape index (κ1) is 49.7. The summed E-state index contributed by atoms with van der Waals surface area (Å²) in [5.41, 5.74) is 12.4. The van der Waals surface area contributed by atoms with E-state index >= 15 is 0 Å². The highest BCUT2D eigenvalue weighted by Gasteiger charge is 2.60. The second kappa shape index (κ2) is 22.5. The Hall–Kier alpha value is -3.36. The molecule has 4 aliphatic carbocycles. The Bertz CT molecular complexity index is 1910. The highest BCUT2D eigenvalue weighted by atomic mass is 35.5. The Morgan fingerprint density at radius 3 is 2.10 bits per heavy atom. The van der Waals surface area contributed by atoms with Crippen LogP contribution in [0.2, 0.25) is 0 Å². The zero-order valence-electron chi connectivity index (χ0n) is 38.0. The van der Waals surface area contributed by atoms with Gasteiger partial charge < -0.3 is 19.9 Å². The van der Waals surface area contributed by atoms with Crippen molar-refractivity contribution in [3.63, 3.8) is 0 Å². The molecule has 0 radical (unpaired) electrons. The minimum Gasteiger partial charge on any atom is -0.492 e. The van der Waals surface area contributed by atoms with E-state index in [4.69, 9.17) is 19.9 Å². The number of benzene rings is 3. The monoisotopic (exact) mass is 888 g/mol. The van der Waals surface area contributed by atoms with Gasteiger partial charge in [0.1, 0.15) is 25.1 Å². The number of allylic oxidation sites excluding steroid dienone is 1. The van der Waals surface area contributed by atoms with Crippen LogP contribution in [-0.4, -0.2) is 62.8 Å². The van der Waals surface area contributed by atoms with Crippen molar-refractivity contribution in [1.82, 2.24) is 4.90 Å². The SMILES string of the molecule is CC/C(=C(\c1ccccc1)c1ccc(OCCN(C)CC(=O)O[C@@H]2CC[C@@]3(C)[C@H](CC[C@@H]4[C@@H]3CC[C@]3(C)[C@@H]([C@H](C)CCC(=O)OCCN)CC[C@@H]43)C2)cc1)c1ccccc1.Cl.Cl. The smallest absolute Gasteiger partial charge is 0.320 e. The van der Waals surface area contributed by atoms with Crippen molar-refractivity contribution in [2.75, 3.05) is 39.9 Å². The van der Waals surface area contributed by atoms with E-state index in [1.54, 1.807) is 0 Å². The third-order valence-electron chi connectivity index (χ3n) is 16.0. The molecule has 0 bridgehead atoms. The average Bonchev–Trinajstić information content (AvgIpc) is 3.62. The number of esters is 2. The Morgan fingerprint density at radius 2 is 1.42 bits per heavy atom. The van der Waals surface area contributed by atoms with Crippen LogP contribution in [0, 0.1) is 46.3 Å². The van der Waals surface area contributed by atoms with E-state index < -0.39 is 0 Å². The molecule has 4 aliphatic rings. The van der Waals surface area contributed by atoms with Gasteiger partial charge in [0.15, 0.2) is 0 Å². The van der Waals surface area contributed by atoms with Crippen molar-refractivity contribution >= 4 is 47.9 Å². The lowest BCUT2D eigenvalue weighted by atomic mass is 9.44. The third-order valence-corrected chi connectivity index (χ3v) is 16.0. The topological polar surface area (TPSA) is 91.1 Å². The summed E-state index contributed by atoms with van der Waals surface area (Å²) in [5, 5.41) is 0. The number of fused-ring (bicyclic) bond motifs is 5. The van der Waals surface area contributed by atoms with Gasteiger partial charge in [-0.1, -0.05) is 100 Å². The van der Waals surface area contributed by atoms with E-state index in [1.165, 1.54) is 60.8 Å². The molecule has 2 N–H and O–H groups in total. The quantitative estimate of drug-likeness (QED) is 0.107. The number of ether oxygens (including phenoxy) is 3. The zero-order chi connectivity index (χ0) is 42.3. The second-order valence-corrected chi connectivity index (χ2v) is 19.3. The van der Waals surface area contributed by atoms with Crippen LogP contribution in [0.25, 0.3) is 11.1 Å². The van der Waals surface area contributed by atoms with Crippen LogP contribution in [0.4, 0.5) is 0 Å².